The van der Waals surface area contributed by atoms with Crippen molar-refractivity contribution >= 4 is 17.4 Å². The molecule has 1 aromatic rings. The van der Waals surface area contributed by atoms with Gasteiger partial charge in [-0.2, -0.15) is 0 Å². The predicted molar refractivity (Wildman–Crippen MR) is 88.0 cm³/mol. The Morgan fingerprint density at radius 3 is 2.73 bits per heavy atom. The summed E-state index contributed by atoms with van der Waals surface area (Å²) < 4.78 is 0. The Hall–Kier alpha value is -2.12. The molecule has 7 heteroatoms. The van der Waals surface area contributed by atoms with E-state index in [-0.39, 0.29) is 0 Å². The molecule has 22 heavy (non-hydrogen) atoms. The maximum atomic E-state index is 11.4. The van der Waals surface area contributed by atoms with Crippen LogP contribution in [0.3, 0.4) is 0 Å². The van der Waals surface area contributed by atoms with Crippen LogP contribution in [-0.2, 0) is 4.79 Å². The van der Waals surface area contributed by atoms with Crippen LogP contribution in [0.1, 0.15) is 33.6 Å². The number of nitrogens with two attached hydrogens (primary N) is 1. The monoisotopic (exact) mass is 307 g/mol. The van der Waals surface area contributed by atoms with Crippen LogP contribution in [0.4, 0.5) is 11.5 Å². The van der Waals surface area contributed by atoms with Crippen molar-refractivity contribution in [3.8, 4) is 0 Å². The lowest BCUT2D eigenvalue weighted by Crippen LogP contribution is -2.33. The summed E-state index contributed by atoms with van der Waals surface area (Å²) in [5, 5.41) is 16.0. The van der Waals surface area contributed by atoms with Gasteiger partial charge >= 0.3 is 0 Å². The fraction of sp³-hybridized carbons (Fsp3) is 0.467. The molecule has 0 spiro atoms. The molecule has 0 saturated carbocycles. The van der Waals surface area contributed by atoms with Crippen LogP contribution in [0, 0.1) is 0 Å². The highest BCUT2D eigenvalue weighted by molar-refractivity contribution is 5.95. The zero-order chi connectivity index (χ0) is 16.6. The summed E-state index contributed by atoms with van der Waals surface area (Å²) in [6.07, 6.45) is 4.65. The quantitative estimate of drug-likeness (QED) is 0.214. The number of pyridine rings is 1. The van der Waals surface area contributed by atoms with Gasteiger partial charge in [-0.15, -0.1) is 0 Å². The maximum absolute atomic E-state index is 11.4. The number of carbonyl (C=O) groups excluding carboxylic acids is 1. The van der Waals surface area contributed by atoms with Crippen molar-refractivity contribution in [1.82, 2.24) is 10.4 Å². The van der Waals surface area contributed by atoms with E-state index >= 15 is 0 Å². The maximum Gasteiger partial charge on any atom is 0.281 e. The van der Waals surface area contributed by atoms with Gasteiger partial charge in [-0.3, -0.25) is 10.2 Å². The van der Waals surface area contributed by atoms with Gasteiger partial charge < -0.3 is 15.7 Å². The van der Waals surface area contributed by atoms with E-state index in [1.807, 2.05) is 19.9 Å². The van der Waals surface area contributed by atoms with Crippen LogP contribution >= 0.6 is 0 Å². The molecule has 0 aliphatic carbocycles. The molecular formula is C15H25N5O2. The van der Waals surface area contributed by atoms with Gasteiger partial charge in [0, 0.05) is 6.54 Å². The summed E-state index contributed by atoms with van der Waals surface area (Å²) in [6, 6.07) is 3.61. The smallest absolute Gasteiger partial charge is 0.281 e. The first-order valence-corrected chi connectivity index (χ1v) is 7.28. The number of nitrogens with zero attached hydrogens (tertiary/aromatic N) is 1. The number of hydrazine groups is 1. The van der Waals surface area contributed by atoms with E-state index in [9.17, 15) is 9.90 Å². The molecule has 1 atom stereocenters. The number of carbonyl (C=O) groups is 1. The number of aromatic nitrogens is 1. The van der Waals surface area contributed by atoms with Crippen molar-refractivity contribution in [2.75, 3.05) is 17.2 Å². The molecule has 1 rings (SSSR count). The Balaban J connectivity index is 2.55. The fourth-order valence-electron chi connectivity index (χ4n) is 1.70. The molecule has 1 amide bonds. The molecule has 7 nitrogen and oxygen atoms in total. The Bertz CT molecular complexity index is 511. The van der Waals surface area contributed by atoms with Gasteiger partial charge in [0.25, 0.3) is 5.91 Å². The average molecular weight is 307 g/mol. The Morgan fingerprint density at radius 1 is 1.50 bits per heavy atom. The van der Waals surface area contributed by atoms with Gasteiger partial charge in [0.15, 0.2) is 0 Å². The van der Waals surface area contributed by atoms with E-state index in [1.165, 1.54) is 0 Å². The van der Waals surface area contributed by atoms with Gasteiger partial charge in [0.2, 0.25) is 0 Å². The third-order valence-electron chi connectivity index (χ3n) is 3.44. The number of allylic oxidation sites excluding steroid dienone is 1. The SMILES string of the molecule is C/C=C(/Nc1ccc(NCCC(C)(O)CC)cn1)C(=O)NN. The Morgan fingerprint density at radius 2 is 2.23 bits per heavy atom. The highest BCUT2D eigenvalue weighted by Gasteiger charge is 2.16. The van der Waals surface area contributed by atoms with Crippen molar-refractivity contribution in [2.45, 2.75) is 39.2 Å². The number of aliphatic hydroxyl groups is 1. The molecule has 1 unspecified atom stereocenters. The minimum Gasteiger partial charge on any atom is -0.390 e. The number of rotatable bonds is 8. The topological polar surface area (TPSA) is 112 Å². The first-order chi connectivity index (χ1) is 10.4. The van der Waals surface area contributed by atoms with Gasteiger partial charge in [-0.1, -0.05) is 13.0 Å². The number of amides is 1. The largest absolute Gasteiger partial charge is 0.390 e. The molecular weight excluding hydrogens is 282 g/mol. The normalized spacial score (nSPS) is 14.1. The summed E-state index contributed by atoms with van der Waals surface area (Å²) in [5.74, 6) is 5.23. The Labute approximate surface area is 131 Å². The second-order valence-corrected chi connectivity index (χ2v) is 5.26. The molecule has 122 valence electrons. The van der Waals surface area contributed by atoms with Crippen molar-refractivity contribution in [2.24, 2.45) is 5.84 Å². The van der Waals surface area contributed by atoms with Crippen molar-refractivity contribution < 1.29 is 9.90 Å². The lowest BCUT2D eigenvalue weighted by Gasteiger charge is -2.21. The van der Waals surface area contributed by atoms with Crippen LogP contribution in [0.15, 0.2) is 30.1 Å². The first-order valence-electron chi connectivity index (χ1n) is 7.28. The second-order valence-electron chi connectivity index (χ2n) is 5.26. The summed E-state index contributed by atoms with van der Waals surface area (Å²) in [6.45, 7) is 6.16. The van der Waals surface area contributed by atoms with Gasteiger partial charge in [0.1, 0.15) is 11.5 Å². The third kappa shape index (κ3) is 5.71. The second kappa shape index (κ2) is 8.35. The van der Waals surface area contributed by atoms with E-state index in [0.717, 1.165) is 5.69 Å². The summed E-state index contributed by atoms with van der Waals surface area (Å²) in [7, 11) is 0. The molecule has 0 fully saturated rings. The number of anilines is 2. The average Bonchev–Trinajstić information content (AvgIpc) is 2.53. The lowest BCUT2D eigenvalue weighted by atomic mass is 9.99. The number of hydrogen-bond donors (Lipinski definition) is 5. The standard InChI is InChI=1S/C15H25N5O2/c1-4-12(14(21)20-16)19-13-7-6-11(10-18-13)17-9-8-15(3,22)5-2/h4,6-7,10,17,22H,5,8-9,16H2,1-3H3,(H,18,19)(H,20,21)/b12-4+. The zero-order valence-electron chi connectivity index (χ0n) is 13.3. The highest BCUT2D eigenvalue weighted by Crippen LogP contribution is 2.15. The van der Waals surface area contributed by atoms with Crippen LogP contribution in [0.25, 0.3) is 0 Å². The van der Waals surface area contributed by atoms with Crippen LogP contribution in [0.5, 0.6) is 0 Å². The van der Waals surface area contributed by atoms with E-state index in [1.54, 1.807) is 25.3 Å². The predicted octanol–water partition coefficient (Wildman–Crippen LogP) is 1.35. The Kier molecular flexibility index (Phi) is 6.81. The van der Waals surface area contributed by atoms with E-state index in [0.29, 0.717) is 30.9 Å². The summed E-state index contributed by atoms with van der Waals surface area (Å²) in [4.78, 5) is 15.7. The van der Waals surface area contributed by atoms with Gasteiger partial charge in [-0.05, 0) is 38.8 Å². The van der Waals surface area contributed by atoms with Crippen molar-refractivity contribution in [3.05, 3.63) is 30.1 Å². The zero-order valence-corrected chi connectivity index (χ0v) is 13.3. The van der Waals surface area contributed by atoms with E-state index in [4.69, 9.17) is 5.84 Å². The lowest BCUT2D eigenvalue weighted by molar-refractivity contribution is -0.117. The fourth-order valence-corrected chi connectivity index (χ4v) is 1.70. The molecule has 0 aliphatic rings. The molecule has 0 bridgehead atoms. The first kappa shape index (κ1) is 17.9. The molecule has 1 heterocycles. The van der Waals surface area contributed by atoms with E-state index in [2.05, 4.69) is 21.0 Å². The molecule has 1 aromatic heterocycles. The minimum atomic E-state index is -0.654. The molecule has 0 radical (unpaired) electrons. The molecule has 0 saturated heterocycles. The van der Waals surface area contributed by atoms with Crippen molar-refractivity contribution in [1.29, 1.82) is 0 Å². The van der Waals surface area contributed by atoms with Crippen LogP contribution in [0.2, 0.25) is 0 Å². The number of nitrogens with one attached hydrogen (secondary N) is 3. The third-order valence-corrected chi connectivity index (χ3v) is 3.44. The molecule has 0 aliphatic heterocycles. The molecule has 0 aromatic carbocycles. The van der Waals surface area contributed by atoms with E-state index < -0.39 is 11.5 Å². The minimum absolute atomic E-state index is 0.328. The van der Waals surface area contributed by atoms with Gasteiger partial charge in [-0.25, -0.2) is 10.8 Å². The highest BCUT2D eigenvalue weighted by atomic mass is 16.3. The summed E-state index contributed by atoms with van der Waals surface area (Å²) >= 11 is 0. The van der Waals surface area contributed by atoms with Crippen LogP contribution < -0.4 is 21.9 Å². The van der Waals surface area contributed by atoms with Gasteiger partial charge in [0.05, 0.1) is 17.5 Å². The van der Waals surface area contributed by atoms with Crippen LogP contribution in [-0.4, -0.2) is 28.1 Å². The number of hydrogen-bond acceptors (Lipinski definition) is 6. The molecule has 6 N–H and O–H groups in total. The van der Waals surface area contributed by atoms with Crippen molar-refractivity contribution in [3.63, 3.8) is 0 Å². The summed E-state index contributed by atoms with van der Waals surface area (Å²) in [5.41, 5.74) is 2.59.